The van der Waals surface area contributed by atoms with Gasteiger partial charge >= 0.3 is 6.18 Å². The molecule has 0 radical (unpaired) electrons. The Morgan fingerprint density at radius 3 is 2.47 bits per heavy atom. The minimum atomic E-state index is -4.36. The van der Waals surface area contributed by atoms with E-state index in [1.807, 2.05) is 0 Å². The van der Waals surface area contributed by atoms with Crippen molar-refractivity contribution in [2.24, 2.45) is 0 Å². The van der Waals surface area contributed by atoms with Gasteiger partial charge in [-0.1, -0.05) is 0 Å². The first-order chi connectivity index (χ1) is 8.52. The van der Waals surface area contributed by atoms with Gasteiger partial charge in [0, 0.05) is 22.6 Å². The molecule has 0 saturated carbocycles. The molecule has 0 bridgehead atoms. The Morgan fingerprint density at radius 1 is 1.47 bits per heavy atom. The van der Waals surface area contributed by atoms with E-state index < -0.39 is 34.1 Å². The Labute approximate surface area is 116 Å². The summed E-state index contributed by atoms with van der Waals surface area (Å²) in [4.78, 5) is 11.6. The zero-order valence-corrected chi connectivity index (χ0v) is 11.9. The highest BCUT2D eigenvalue weighted by atomic mass is 35.7. The minimum absolute atomic E-state index is 0.00593. The van der Waals surface area contributed by atoms with Gasteiger partial charge in [-0.15, -0.1) is 11.3 Å². The van der Waals surface area contributed by atoms with Crippen molar-refractivity contribution in [2.75, 3.05) is 6.54 Å². The molecule has 0 aliphatic heterocycles. The predicted molar refractivity (Wildman–Crippen MR) is 65.1 cm³/mol. The molecule has 1 heterocycles. The molecule has 0 saturated heterocycles. The molecule has 0 unspecified atom stereocenters. The van der Waals surface area contributed by atoms with Gasteiger partial charge in [-0.2, -0.15) is 13.2 Å². The summed E-state index contributed by atoms with van der Waals surface area (Å²) in [7, 11) is 1.19. The molecule has 1 amide bonds. The van der Waals surface area contributed by atoms with Crippen molar-refractivity contribution in [3.05, 3.63) is 16.5 Å². The fraction of sp³-hybridized carbons (Fsp3) is 0.444. The molecule has 0 spiro atoms. The zero-order valence-electron chi connectivity index (χ0n) is 9.54. The van der Waals surface area contributed by atoms with Gasteiger partial charge in [-0.05, 0) is 12.5 Å². The molecule has 0 aliphatic carbocycles. The number of hydrogen-bond donors (Lipinski definition) is 1. The Bertz CT molecular complexity index is 580. The van der Waals surface area contributed by atoms with Crippen LogP contribution in [-0.4, -0.2) is 27.0 Å². The molecular weight excluding hydrogens is 327 g/mol. The lowest BCUT2D eigenvalue weighted by atomic mass is 10.2. The second-order valence-corrected chi connectivity index (χ2v) is 7.26. The highest BCUT2D eigenvalue weighted by molar-refractivity contribution is 8.15. The first kappa shape index (κ1) is 16.3. The summed E-state index contributed by atoms with van der Waals surface area (Å²) in [5.41, 5.74) is 0.135. The lowest BCUT2D eigenvalue weighted by Gasteiger charge is -2.07. The van der Waals surface area contributed by atoms with Crippen LogP contribution < -0.4 is 5.32 Å². The van der Waals surface area contributed by atoms with E-state index in [9.17, 15) is 26.4 Å². The van der Waals surface area contributed by atoms with Gasteiger partial charge in [-0.25, -0.2) is 8.42 Å². The Balaban J connectivity index is 2.77. The van der Waals surface area contributed by atoms with E-state index in [1.54, 1.807) is 0 Å². The smallest absolute Gasteiger partial charge is 0.352 e. The number of amides is 1. The second-order valence-electron chi connectivity index (χ2n) is 3.62. The first-order valence-corrected chi connectivity index (χ1v) is 8.09. The molecule has 0 fully saturated rings. The molecule has 4 nitrogen and oxygen atoms in total. The highest BCUT2D eigenvalue weighted by Crippen LogP contribution is 2.29. The fourth-order valence-electron chi connectivity index (χ4n) is 1.28. The second kappa shape index (κ2) is 5.68. The van der Waals surface area contributed by atoms with Crippen molar-refractivity contribution >= 4 is 37.0 Å². The van der Waals surface area contributed by atoms with Crippen LogP contribution >= 0.6 is 22.0 Å². The number of hydrogen-bond acceptors (Lipinski definition) is 4. The molecule has 0 aromatic carbocycles. The lowest BCUT2D eigenvalue weighted by molar-refractivity contribution is -0.132. The SMILES string of the molecule is Cc1c(C(=O)NCCC(F)(F)F)csc1S(=O)(=O)Cl. The van der Waals surface area contributed by atoms with Gasteiger partial charge in [0.05, 0.1) is 12.0 Å². The Morgan fingerprint density at radius 2 is 2.05 bits per heavy atom. The fourth-order valence-corrected chi connectivity index (χ4v) is 3.83. The summed E-state index contributed by atoms with van der Waals surface area (Å²) in [5.74, 6) is -0.760. The first-order valence-electron chi connectivity index (χ1n) is 4.90. The third-order valence-electron chi connectivity index (χ3n) is 2.15. The number of halogens is 4. The van der Waals surface area contributed by atoms with Gasteiger partial charge in [0.15, 0.2) is 0 Å². The topological polar surface area (TPSA) is 63.2 Å². The van der Waals surface area contributed by atoms with E-state index >= 15 is 0 Å². The van der Waals surface area contributed by atoms with Gasteiger partial charge in [-0.3, -0.25) is 4.79 Å². The van der Waals surface area contributed by atoms with Gasteiger partial charge in [0.25, 0.3) is 15.0 Å². The number of carbonyl (C=O) groups is 1. The Kier molecular flexibility index (Phi) is 4.86. The predicted octanol–water partition coefficient (Wildman–Crippen LogP) is 2.67. The third-order valence-corrected chi connectivity index (χ3v) is 5.46. The van der Waals surface area contributed by atoms with Gasteiger partial charge in [0.1, 0.15) is 4.21 Å². The van der Waals surface area contributed by atoms with E-state index in [-0.39, 0.29) is 15.3 Å². The minimum Gasteiger partial charge on any atom is -0.352 e. The number of thiophene rings is 1. The van der Waals surface area contributed by atoms with Crippen LogP contribution in [0.1, 0.15) is 22.3 Å². The summed E-state index contributed by atoms with van der Waals surface area (Å²) < 4.78 is 57.8. The van der Waals surface area contributed by atoms with Crippen LogP contribution in [0, 0.1) is 6.92 Å². The van der Waals surface area contributed by atoms with E-state index in [4.69, 9.17) is 10.7 Å². The number of rotatable bonds is 4. The lowest BCUT2D eigenvalue weighted by Crippen LogP contribution is -2.28. The monoisotopic (exact) mass is 335 g/mol. The molecule has 108 valence electrons. The number of nitrogens with one attached hydrogen (secondary N) is 1. The van der Waals surface area contributed by atoms with Crippen molar-refractivity contribution in [3.8, 4) is 0 Å². The maximum Gasteiger partial charge on any atom is 0.390 e. The van der Waals surface area contributed by atoms with E-state index in [0.29, 0.717) is 0 Å². The Hall–Kier alpha value is -0.800. The van der Waals surface area contributed by atoms with E-state index in [1.165, 1.54) is 12.3 Å². The van der Waals surface area contributed by atoms with Crippen molar-refractivity contribution in [1.82, 2.24) is 5.32 Å². The molecule has 1 N–H and O–H groups in total. The van der Waals surface area contributed by atoms with Crippen molar-refractivity contribution < 1.29 is 26.4 Å². The highest BCUT2D eigenvalue weighted by Gasteiger charge is 2.27. The normalized spacial score (nSPS) is 12.5. The van der Waals surface area contributed by atoms with Gasteiger partial charge < -0.3 is 5.32 Å². The molecule has 0 aliphatic rings. The van der Waals surface area contributed by atoms with E-state index in [0.717, 1.165) is 11.3 Å². The van der Waals surface area contributed by atoms with Crippen molar-refractivity contribution in [3.63, 3.8) is 0 Å². The van der Waals surface area contributed by atoms with Crippen LogP contribution in [0.4, 0.5) is 13.2 Å². The van der Waals surface area contributed by atoms with Crippen LogP contribution in [0.5, 0.6) is 0 Å². The van der Waals surface area contributed by atoms with Crippen LogP contribution in [0.2, 0.25) is 0 Å². The van der Waals surface area contributed by atoms with Crippen LogP contribution in [-0.2, 0) is 9.05 Å². The van der Waals surface area contributed by atoms with Crippen LogP contribution in [0.25, 0.3) is 0 Å². The summed E-state index contributed by atoms with van der Waals surface area (Å²) >= 11 is 0.747. The van der Waals surface area contributed by atoms with Crippen LogP contribution in [0.3, 0.4) is 0 Å². The molecule has 10 heteroatoms. The van der Waals surface area contributed by atoms with Crippen molar-refractivity contribution in [2.45, 2.75) is 23.7 Å². The van der Waals surface area contributed by atoms with Crippen LogP contribution in [0.15, 0.2) is 9.59 Å². The maximum absolute atomic E-state index is 11.9. The summed E-state index contributed by atoms with van der Waals surface area (Å²) in [6.45, 7) is 0.797. The zero-order chi connectivity index (χ0) is 14.8. The third kappa shape index (κ3) is 4.66. The summed E-state index contributed by atoms with van der Waals surface area (Å²) in [5, 5.41) is 3.31. The quantitative estimate of drug-likeness (QED) is 0.860. The average molecular weight is 336 g/mol. The molecule has 1 rings (SSSR count). The number of carbonyl (C=O) groups excluding carboxylic acids is 1. The van der Waals surface area contributed by atoms with E-state index in [2.05, 4.69) is 5.32 Å². The van der Waals surface area contributed by atoms with Gasteiger partial charge in [0.2, 0.25) is 0 Å². The van der Waals surface area contributed by atoms with Crippen molar-refractivity contribution in [1.29, 1.82) is 0 Å². The molecule has 0 atom stereocenters. The standard InChI is InChI=1S/C9H9ClF3NO3S2/c1-5-6(4-18-8(5)19(10,16)17)7(15)14-3-2-9(11,12)13/h4H,2-3H2,1H3,(H,14,15). The molecule has 19 heavy (non-hydrogen) atoms. The maximum atomic E-state index is 11.9. The molecular formula is C9H9ClF3NO3S2. The average Bonchev–Trinajstić information content (AvgIpc) is 2.57. The number of alkyl halides is 3. The summed E-state index contributed by atoms with van der Waals surface area (Å²) in [6.07, 6.45) is -5.51. The molecule has 1 aromatic rings. The summed E-state index contributed by atoms with van der Waals surface area (Å²) in [6, 6.07) is 0. The largest absolute Gasteiger partial charge is 0.390 e. The molecule has 1 aromatic heterocycles.